The van der Waals surface area contributed by atoms with Crippen LogP contribution in [0.4, 0.5) is 0 Å². The number of hydrogen-bond donors (Lipinski definition) is 18. The molecule has 0 heterocycles. The zero-order chi connectivity index (χ0) is 78.1. The van der Waals surface area contributed by atoms with E-state index in [4.69, 9.17) is 28.7 Å². The maximum Gasteiger partial charge on any atom is 0.326 e. The Morgan fingerprint density at radius 3 is 0.757 bits per heavy atom. The zero-order valence-electron chi connectivity index (χ0n) is 63.5. The van der Waals surface area contributed by atoms with Crippen LogP contribution < -0.4 is 92.5 Å². The van der Waals surface area contributed by atoms with Crippen LogP contribution in [0.2, 0.25) is 0 Å². The van der Waals surface area contributed by atoms with Crippen LogP contribution in [0.5, 0.6) is 0 Å². The van der Waals surface area contributed by atoms with Crippen LogP contribution in [-0.2, 0) is 68.7 Å². The van der Waals surface area contributed by atoms with Crippen molar-refractivity contribution in [1.82, 2.24) is 63.8 Å². The number of unbranched alkanes of at least 4 members (excludes halogenated alkanes) is 4. The molecule has 0 saturated carbocycles. The van der Waals surface area contributed by atoms with Gasteiger partial charge in [0.1, 0.15) is 72.5 Å². The Balaban J connectivity index is 3.39. The van der Waals surface area contributed by atoms with Gasteiger partial charge in [0.2, 0.25) is 70.9 Å². The maximum atomic E-state index is 14.4. The summed E-state index contributed by atoms with van der Waals surface area (Å²) in [5.41, 5.74) is 30.1. The molecule has 0 saturated heterocycles. The number of carbonyl (C=O) groups excluding carboxylic acids is 12. The summed E-state index contributed by atoms with van der Waals surface area (Å²) in [7, 11) is 0. The van der Waals surface area contributed by atoms with Crippen LogP contribution >= 0.6 is 0 Å². The van der Waals surface area contributed by atoms with Gasteiger partial charge in [-0.2, -0.15) is 0 Å². The van der Waals surface area contributed by atoms with Crippen molar-refractivity contribution in [2.75, 3.05) is 26.2 Å². The quantitative estimate of drug-likeness (QED) is 0.0389. The van der Waals surface area contributed by atoms with Crippen molar-refractivity contribution in [3.05, 3.63) is 35.9 Å². The van der Waals surface area contributed by atoms with Gasteiger partial charge in [0, 0.05) is 0 Å². The van der Waals surface area contributed by atoms with Crippen molar-refractivity contribution in [3.63, 3.8) is 0 Å². The number of rotatable bonds is 53. The molecule has 0 spiro atoms. The molecule has 0 radical (unpaired) electrons. The van der Waals surface area contributed by atoms with Gasteiger partial charge in [-0.3, -0.25) is 57.5 Å². The molecule has 23 N–H and O–H groups in total. The molecule has 13 atom stereocenters. The Morgan fingerprint density at radius 1 is 0.291 bits per heavy atom. The summed E-state index contributed by atoms with van der Waals surface area (Å²) in [6.07, 6.45) is 4.71. The highest BCUT2D eigenvalue weighted by Crippen LogP contribution is 2.16. The highest BCUT2D eigenvalue weighted by Gasteiger charge is 2.37. The second-order valence-electron chi connectivity index (χ2n) is 29.2. The van der Waals surface area contributed by atoms with Crippen molar-refractivity contribution >= 4 is 76.9 Å². The van der Waals surface area contributed by atoms with Crippen molar-refractivity contribution < 1.29 is 67.4 Å². The fraction of sp³-hybridized carbons (Fsp3) is 0.736. The van der Waals surface area contributed by atoms with E-state index < -0.39 is 155 Å². The number of nitrogens with two attached hydrogens (primary N) is 5. The van der Waals surface area contributed by atoms with Gasteiger partial charge in [0.15, 0.2) is 0 Å². The molecule has 0 bridgehead atoms. The molecule has 0 aliphatic carbocycles. The van der Waals surface area contributed by atoms with Gasteiger partial charge in [-0.1, -0.05) is 99.6 Å². The lowest BCUT2D eigenvalue weighted by Crippen LogP contribution is -2.60. The fourth-order valence-electron chi connectivity index (χ4n) is 11.2. The molecule has 1 aromatic carbocycles. The van der Waals surface area contributed by atoms with E-state index in [-0.39, 0.29) is 107 Å². The lowest BCUT2D eigenvalue weighted by Gasteiger charge is -2.28. The molecule has 0 aliphatic rings. The highest BCUT2D eigenvalue weighted by molar-refractivity contribution is 5.99. The summed E-state index contributed by atoms with van der Waals surface area (Å²) >= 11 is 0. The second-order valence-corrected chi connectivity index (χ2v) is 29.2. The smallest absolute Gasteiger partial charge is 0.326 e. The first kappa shape index (κ1) is 93.1. The number of carbonyl (C=O) groups is 13. The van der Waals surface area contributed by atoms with Gasteiger partial charge in [-0.05, 0) is 198 Å². The molecule has 0 fully saturated rings. The van der Waals surface area contributed by atoms with Gasteiger partial charge in [-0.25, -0.2) is 4.79 Å². The van der Waals surface area contributed by atoms with Crippen molar-refractivity contribution in [3.8, 4) is 0 Å². The first-order valence-electron chi connectivity index (χ1n) is 37.0. The lowest BCUT2D eigenvalue weighted by atomic mass is 9.99. The molecule has 31 nitrogen and oxygen atoms in total. The van der Waals surface area contributed by atoms with Gasteiger partial charge in [0.05, 0.1) is 6.04 Å². The molecule has 1 rings (SSSR count). The Labute approximate surface area is 610 Å². The predicted molar refractivity (Wildman–Crippen MR) is 395 cm³/mol. The molecule has 31 heteroatoms. The summed E-state index contributed by atoms with van der Waals surface area (Å²) in [5.74, 6) is -10.7. The van der Waals surface area contributed by atoms with Crippen molar-refractivity contribution in [1.29, 1.82) is 0 Å². The Kier molecular flexibility index (Phi) is 45.7. The minimum Gasteiger partial charge on any atom is -0.480 e. The first-order valence-corrected chi connectivity index (χ1v) is 37.0. The molecule has 1 aromatic rings. The molecule has 0 aromatic heterocycles. The van der Waals surface area contributed by atoms with E-state index in [1.165, 1.54) is 20.8 Å². The number of carboxylic acids is 1. The van der Waals surface area contributed by atoms with E-state index in [9.17, 15) is 67.4 Å². The third-order valence-electron chi connectivity index (χ3n) is 16.9. The van der Waals surface area contributed by atoms with Gasteiger partial charge < -0.3 is 97.6 Å². The number of aliphatic carboxylic acids is 1. The summed E-state index contributed by atoms with van der Waals surface area (Å²) < 4.78 is 0. The second kappa shape index (κ2) is 50.5. The monoisotopic (exact) mass is 1460 g/mol. The maximum absolute atomic E-state index is 14.4. The predicted octanol–water partition coefficient (Wildman–Crippen LogP) is 0.265. The van der Waals surface area contributed by atoms with Gasteiger partial charge >= 0.3 is 5.97 Å². The highest BCUT2D eigenvalue weighted by atomic mass is 16.4. The number of carboxylic acid groups (broad SMARTS) is 1. The van der Waals surface area contributed by atoms with Crippen LogP contribution in [0.15, 0.2) is 30.3 Å². The third kappa shape index (κ3) is 38.5. The van der Waals surface area contributed by atoms with E-state index in [0.717, 1.165) is 5.56 Å². The third-order valence-corrected chi connectivity index (χ3v) is 16.9. The first-order chi connectivity index (χ1) is 48.5. The molecular formula is C72H129N17O14. The standard InChI is InChI=1S/C72H129N17O14/c1-41(2)35-55(68(98)79-47(12)61(91)83-53(29-19-23-33-75)65(95)86-57(37-43(5)6)70(100)84-54(30-20-24-34-76)67(97)89-59(72(102)103)39-45(9)10)85-64(94)51(27-17-21-31-73)82-62(92)48(13)80-69(99)56(36-42(3)4)88-71(101)58(38-44(7)8)87-66(96)52(28-18-22-32-74)81-60(90)46(11)78-63(93)50(77)40-49-25-15-14-16-26-49/h14-16,25-26,41-48,50-59H,17-24,27-40,73-77H2,1-13H3,(H,78,93)(H,79,98)(H,80,99)(H,81,90)(H,82,92)(H,83,91)(H,84,100)(H,85,94)(H,86,95)(H,87,96)(H,88,101)(H,89,97)(H,102,103)/t46-,47-,48-,50-,51-,52-,53-,54-,55-,56-,57-,58-,59-/m0/s1. The largest absolute Gasteiger partial charge is 0.480 e. The normalized spacial score (nSPS) is 15.3. The minimum absolute atomic E-state index is 0.0555. The summed E-state index contributed by atoms with van der Waals surface area (Å²) in [4.78, 5) is 180. The number of amides is 12. The van der Waals surface area contributed by atoms with Crippen LogP contribution in [0.25, 0.3) is 0 Å². The van der Waals surface area contributed by atoms with E-state index in [1.807, 2.05) is 99.6 Å². The van der Waals surface area contributed by atoms with Crippen LogP contribution in [0.3, 0.4) is 0 Å². The summed E-state index contributed by atoms with van der Waals surface area (Å²) in [6.45, 7) is 23.6. The fourth-order valence-corrected chi connectivity index (χ4v) is 11.2. The van der Waals surface area contributed by atoms with Crippen LogP contribution in [0.1, 0.15) is 205 Å². The molecular weight excluding hydrogens is 1330 g/mol. The number of benzene rings is 1. The molecule has 586 valence electrons. The molecule has 0 aliphatic heterocycles. The van der Waals surface area contributed by atoms with Crippen molar-refractivity contribution in [2.45, 2.75) is 284 Å². The molecule has 12 amide bonds. The van der Waals surface area contributed by atoms with Gasteiger partial charge in [-0.15, -0.1) is 0 Å². The lowest BCUT2D eigenvalue weighted by molar-refractivity contribution is -0.143. The summed E-state index contributed by atoms with van der Waals surface area (Å²) in [6, 6.07) is -6.50. The average Bonchev–Trinajstić information content (AvgIpc) is 0.899. The average molecular weight is 1460 g/mol. The van der Waals surface area contributed by atoms with E-state index in [2.05, 4.69) is 63.8 Å². The number of hydrogen-bond acceptors (Lipinski definition) is 18. The van der Waals surface area contributed by atoms with Crippen LogP contribution in [-0.4, -0.2) is 187 Å². The Morgan fingerprint density at radius 2 is 0.505 bits per heavy atom. The molecule has 0 unspecified atom stereocenters. The number of nitrogens with one attached hydrogen (secondary N) is 12. The van der Waals surface area contributed by atoms with E-state index in [1.54, 1.807) is 0 Å². The van der Waals surface area contributed by atoms with Gasteiger partial charge in [0.25, 0.3) is 0 Å². The summed E-state index contributed by atoms with van der Waals surface area (Å²) in [5, 5.41) is 42.2. The Bertz CT molecular complexity index is 2810. The van der Waals surface area contributed by atoms with E-state index in [0.29, 0.717) is 64.5 Å². The Hall–Kier alpha value is -7.87. The topological polar surface area (TPSA) is 517 Å². The SMILES string of the molecule is CC(C)C[C@H](NC(=O)[C@H](CCCCN)NC(=O)[C@H](CC(C)C)NC(=O)[C@H](CCCCN)NC(=O)[C@H](C)NC(=O)[C@H](CC(C)C)NC(=O)[C@H](CCCCN)NC(=O)[C@H](C)NC(=O)[C@H](CC(C)C)NC(=O)[C@H](CC(C)C)NC(=O)[C@H](CCCCN)NC(=O)[C@H](C)NC(=O)[C@@H](N)Cc1ccccc1)C(=O)O. The molecule has 103 heavy (non-hydrogen) atoms. The minimum atomic E-state index is -1.30. The van der Waals surface area contributed by atoms with Crippen molar-refractivity contribution in [2.24, 2.45) is 58.3 Å². The zero-order valence-corrected chi connectivity index (χ0v) is 63.5. The van der Waals surface area contributed by atoms with Crippen LogP contribution in [0, 0.1) is 29.6 Å². The van der Waals surface area contributed by atoms with E-state index >= 15 is 0 Å².